The first-order valence-corrected chi connectivity index (χ1v) is 7.53. The summed E-state index contributed by atoms with van der Waals surface area (Å²) >= 11 is 0. The van der Waals surface area contributed by atoms with Gasteiger partial charge in [-0.05, 0) is 36.6 Å². The molecule has 0 fully saturated rings. The first kappa shape index (κ1) is 15.3. The van der Waals surface area contributed by atoms with E-state index in [0.717, 1.165) is 18.4 Å². The molecule has 0 aromatic heterocycles. The van der Waals surface area contributed by atoms with Gasteiger partial charge >= 0.3 is 0 Å². The molecule has 1 amide bonds. The average Bonchev–Trinajstić information content (AvgIpc) is 2.53. The molecular weight excluding hydrogens is 258 g/mol. The fourth-order valence-electron chi connectivity index (χ4n) is 2.72. The molecule has 110 valence electrons. The molecule has 2 aromatic rings. The van der Waals surface area contributed by atoms with Gasteiger partial charge in [0.05, 0.1) is 6.04 Å². The van der Waals surface area contributed by atoms with Gasteiger partial charge in [-0.25, -0.2) is 0 Å². The number of hydrogen-bond donors (Lipinski definition) is 0. The Morgan fingerprint density at radius 3 is 2.29 bits per heavy atom. The minimum atomic E-state index is 0.0808. The van der Waals surface area contributed by atoms with Gasteiger partial charge in [0.25, 0.3) is 5.91 Å². The number of benzene rings is 2. The van der Waals surface area contributed by atoms with Crippen LogP contribution in [0.4, 0.5) is 0 Å². The highest BCUT2D eigenvalue weighted by Gasteiger charge is 2.22. The topological polar surface area (TPSA) is 20.3 Å². The lowest BCUT2D eigenvalue weighted by Crippen LogP contribution is -2.31. The van der Waals surface area contributed by atoms with Crippen LogP contribution < -0.4 is 0 Å². The van der Waals surface area contributed by atoms with Crippen molar-refractivity contribution in [1.29, 1.82) is 0 Å². The van der Waals surface area contributed by atoms with Gasteiger partial charge < -0.3 is 4.90 Å². The number of aryl methyl sites for hydroxylation is 1. The predicted octanol–water partition coefficient (Wildman–Crippen LogP) is 4.61. The van der Waals surface area contributed by atoms with E-state index in [-0.39, 0.29) is 11.9 Å². The Morgan fingerprint density at radius 1 is 1.05 bits per heavy atom. The summed E-state index contributed by atoms with van der Waals surface area (Å²) in [7, 11) is 1.90. The van der Waals surface area contributed by atoms with Crippen molar-refractivity contribution in [3.63, 3.8) is 0 Å². The molecule has 0 aliphatic heterocycles. The molecule has 2 heteroatoms. The minimum absolute atomic E-state index is 0.0808. The van der Waals surface area contributed by atoms with Crippen LogP contribution in [-0.2, 0) is 0 Å². The summed E-state index contributed by atoms with van der Waals surface area (Å²) in [6.07, 6.45) is 2.02. The van der Waals surface area contributed by atoms with Crippen molar-refractivity contribution >= 4 is 5.91 Å². The summed E-state index contributed by atoms with van der Waals surface area (Å²) in [5.74, 6) is 0.0808. The summed E-state index contributed by atoms with van der Waals surface area (Å²) in [5.41, 5.74) is 3.23. The van der Waals surface area contributed by atoms with Crippen molar-refractivity contribution < 1.29 is 4.79 Å². The molecule has 0 N–H and O–H groups in total. The van der Waals surface area contributed by atoms with Crippen LogP contribution in [0.1, 0.15) is 47.3 Å². The van der Waals surface area contributed by atoms with Crippen LogP contribution in [0.5, 0.6) is 0 Å². The minimum Gasteiger partial charge on any atom is -0.335 e. The number of rotatable bonds is 5. The zero-order chi connectivity index (χ0) is 15.2. The first-order valence-electron chi connectivity index (χ1n) is 7.53. The van der Waals surface area contributed by atoms with Crippen LogP contribution in [0, 0.1) is 6.92 Å². The average molecular weight is 281 g/mol. The van der Waals surface area contributed by atoms with Gasteiger partial charge in [-0.3, -0.25) is 4.79 Å². The largest absolute Gasteiger partial charge is 0.335 e. The molecule has 2 aromatic carbocycles. The van der Waals surface area contributed by atoms with Gasteiger partial charge in [0.1, 0.15) is 0 Å². The van der Waals surface area contributed by atoms with Crippen LogP contribution in [0.2, 0.25) is 0 Å². The van der Waals surface area contributed by atoms with Crippen LogP contribution in [0.3, 0.4) is 0 Å². The van der Waals surface area contributed by atoms with Gasteiger partial charge in [-0.2, -0.15) is 0 Å². The molecule has 0 aliphatic rings. The van der Waals surface area contributed by atoms with Gasteiger partial charge in [-0.1, -0.05) is 55.8 Å². The summed E-state index contributed by atoms with van der Waals surface area (Å²) in [6.45, 7) is 4.27. The monoisotopic (exact) mass is 281 g/mol. The Morgan fingerprint density at radius 2 is 1.67 bits per heavy atom. The predicted molar refractivity (Wildman–Crippen MR) is 87.4 cm³/mol. The van der Waals surface area contributed by atoms with Crippen molar-refractivity contribution in [1.82, 2.24) is 4.90 Å². The number of nitrogens with zero attached hydrogens (tertiary/aromatic N) is 1. The van der Waals surface area contributed by atoms with E-state index in [2.05, 4.69) is 26.0 Å². The van der Waals surface area contributed by atoms with Crippen molar-refractivity contribution in [3.05, 3.63) is 71.3 Å². The fraction of sp³-hybridized carbons (Fsp3) is 0.316. The lowest BCUT2D eigenvalue weighted by molar-refractivity contribution is 0.0721. The number of hydrogen-bond acceptors (Lipinski definition) is 1. The van der Waals surface area contributed by atoms with Crippen LogP contribution in [-0.4, -0.2) is 17.9 Å². The highest BCUT2D eigenvalue weighted by atomic mass is 16.2. The molecular formula is C19H23NO. The third-order valence-corrected chi connectivity index (χ3v) is 3.92. The summed E-state index contributed by atoms with van der Waals surface area (Å²) in [4.78, 5) is 14.5. The molecule has 1 atom stereocenters. The van der Waals surface area contributed by atoms with E-state index in [4.69, 9.17) is 0 Å². The van der Waals surface area contributed by atoms with Gasteiger partial charge in [0, 0.05) is 12.6 Å². The van der Waals surface area contributed by atoms with Crippen LogP contribution >= 0.6 is 0 Å². The maximum Gasteiger partial charge on any atom is 0.254 e. The normalized spacial score (nSPS) is 12.0. The van der Waals surface area contributed by atoms with Gasteiger partial charge in [0.2, 0.25) is 0 Å². The van der Waals surface area contributed by atoms with E-state index in [9.17, 15) is 4.79 Å². The Labute approximate surface area is 127 Å². The van der Waals surface area contributed by atoms with E-state index in [0.29, 0.717) is 0 Å². The highest BCUT2D eigenvalue weighted by molar-refractivity contribution is 5.94. The second-order valence-corrected chi connectivity index (χ2v) is 5.44. The molecule has 21 heavy (non-hydrogen) atoms. The summed E-state index contributed by atoms with van der Waals surface area (Å²) in [5, 5.41) is 0. The Balaban J connectivity index is 2.30. The van der Waals surface area contributed by atoms with Crippen molar-refractivity contribution in [3.8, 4) is 0 Å². The molecule has 0 saturated heterocycles. The maximum absolute atomic E-state index is 12.7. The number of carbonyl (C=O) groups is 1. The summed E-state index contributed by atoms with van der Waals surface area (Å²) < 4.78 is 0. The second-order valence-electron chi connectivity index (χ2n) is 5.44. The fourth-order valence-corrected chi connectivity index (χ4v) is 2.72. The lowest BCUT2D eigenvalue weighted by Gasteiger charge is -2.29. The quantitative estimate of drug-likeness (QED) is 0.783. The molecule has 0 heterocycles. The molecule has 2 rings (SSSR count). The molecule has 1 unspecified atom stereocenters. The van der Waals surface area contributed by atoms with E-state index >= 15 is 0 Å². The zero-order valence-electron chi connectivity index (χ0n) is 13.0. The Kier molecular flexibility index (Phi) is 5.15. The lowest BCUT2D eigenvalue weighted by atomic mass is 9.96. The second kappa shape index (κ2) is 7.07. The zero-order valence-corrected chi connectivity index (χ0v) is 13.0. The molecule has 2 nitrogen and oxygen atoms in total. The van der Waals surface area contributed by atoms with Gasteiger partial charge in [0.15, 0.2) is 0 Å². The maximum atomic E-state index is 12.7. The Bertz CT molecular complexity index is 592. The number of amides is 1. The van der Waals surface area contributed by atoms with E-state index in [1.165, 1.54) is 11.1 Å². The van der Waals surface area contributed by atoms with Crippen LogP contribution in [0.25, 0.3) is 0 Å². The van der Waals surface area contributed by atoms with Gasteiger partial charge in [-0.15, -0.1) is 0 Å². The smallest absolute Gasteiger partial charge is 0.254 e. The first-order chi connectivity index (χ1) is 10.1. The summed E-state index contributed by atoms with van der Waals surface area (Å²) in [6, 6.07) is 18.0. The molecule has 0 spiro atoms. The van der Waals surface area contributed by atoms with Crippen molar-refractivity contribution in [2.24, 2.45) is 0 Å². The van der Waals surface area contributed by atoms with Crippen molar-refractivity contribution in [2.75, 3.05) is 7.05 Å². The van der Waals surface area contributed by atoms with E-state index in [1.807, 2.05) is 54.4 Å². The molecule has 0 radical (unpaired) electrons. The van der Waals surface area contributed by atoms with Crippen LogP contribution in [0.15, 0.2) is 54.6 Å². The standard InChI is InChI=1S/C19H23NO/c1-4-10-18(17-14-9-8-11-15(17)2)20(3)19(21)16-12-6-5-7-13-16/h5-9,11-14,18H,4,10H2,1-3H3. The van der Waals surface area contributed by atoms with E-state index in [1.54, 1.807) is 0 Å². The molecule has 0 bridgehead atoms. The molecule has 0 saturated carbocycles. The highest BCUT2D eigenvalue weighted by Crippen LogP contribution is 2.28. The molecule has 0 aliphatic carbocycles. The Hall–Kier alpha value is -2.09. The number of carbonyl (C=O) groups excluding carboxylic acids is 1. The van der Waals surface area contributed by atoms with E-state index < -0.39 is 0 Å². The SMILES string of the molecule is CCCC(c1ccccc1C)N(C)C(=O)c1ccccc1. The third-order valence-electron chi connectivity index (χ3n) is 3.92. The third kappa shape index (κ3) is 3.52. The van der Waals surface area contributed by atoms with Crippen molar-refractivity contribution in [2.45, 2.75) is 32.7 Å².